The monoisotopic (exact) mass is 210 g/mol. The first kappa shape index (κ1) is 14.5. The molecule has 2 nitrogen and oxygen atoms in total. The molecule has 0 aromatic heterocycles. The molecule has 1 atom stereocenters. The Labute approximate surface area is 95.2 Å². The van der Waals surface area contributed by atoms with Crippen molar-refractivity contribution < 1.29 is 0 Å². The Balaban J connectivity index is 4.13. The number of hydrogen-bond acceptors (Lipinski definition) is 2. The third-order valence-corrected chi connectivity index (χ3v) is 2.51. The first-order chi connectivity index (χ1) is 6.92. The molecule has 0 spiro atoms. The van der Waals surface area contributed by atoms with Crippen LogP contribution < -0.4 is 5.73 Å². The Morgan fingerprint density at radius 2 is 2.00 bits per heavy atom. The van der Waals surface area contributed by atoms with Crippen LogP contribution in [0.4, 0.5) is 0 Å². The molecule has 2 heteroatoms. The maximum atomic E-state index is 5.80. The molecule has 0 radical (unpaired) electrons. The molecule has 0 aromatic carbocycles. The second kappa shape index (κ2) is 6.87. The maximum Gasteiger partial charge on any atom is 0.0598 e. The summed E-state index contributed by atoms with van der Waals surface area (Å²) < 4.78 is 0. The Hall–Kier alpha value is -0.520. The Morgan fingerprint density at radius 1 is 1.40 bits per heavy atom. The Morgan fingerprint density at radius 3 is 2.33 bits per heavy atom. The summed E-state index contributed by atoms with van der Waals surface area (Å²) in [5.74, 6) is 3.25. The highest BCUT2D eigenvalue weighted by Gasteiger charge is 2.19. The van der Waals surface area contributed by atoms with Crippen molar-refractivity contribution in [3.63, 3.8) is 0 Å². The molecule has 0 fully saturated rings. The van der Waals surface area contributed by atoms with Gasteiger partial charge < -0.3 is 5.73 Å². The summed E-state index contributed by atoms with van der Waals surface area (Å²) in [6, 6.07) is 0. The van der Waals surface area contributed by atoms with Gasteiger partial charge in [0.2, 0.25) is 0 Å². The zero-order valence-corrected chi connectivity index (χ0v) is 10.7. The van der Waals surface area contributed by atoms with E-state index in [1.165, 1.54) is 0 Å². The average molecular weight is 210 g/mol. The van der Waals surface area contributed by atoms with Crippen molar-refractivity contribution >= 4 is 0 Å². The van der Waals surface area contributed by atoms with Gasteiger partial charge in [0.05, 0.1) is 6.54 Å². The molecule has 88 valence electrons. The van der Waals surface area contributed by atoms with Gasteiger partial charge in [-0.05, 0) is 30.8 Å². The van der Waals surface area contributed by atoms with E-state index in [-0.39, 0.29) is 0 Å². The molecule has 0 aliphatic carbocycles. The molecule has 15 heavy (non-hydrogen) atoms. The van der Waals surface area contributed by atoms with Crippen molar-refractivity contribution in [2.24, 2.45) is 17.1 Å². The van der Waals surface area contributed by atoms with E-state index >= 15 is 0 Å². The second-order valence-corrected chi connectivity index (χ2v) is 5.40. The summed E-state index contributed by atoms with van der Waals surface area (Å²) in [6.45, 7) is 12.4. The van der Waals surface area contributed by atoms with Crippen molar-refractivity contribution in [1.82, 2.24) is 4.90 Å². The van der Waals surface area contributed by atoms with E-state index in [0.717, 1.165) is 32.6 Å². The second-order valence-electron chi connectivity index (χ2n) is 5.40. The van der Waals surface area contributed by atoms with E-state index in [1.807, 2.05) is 0 Å². The van der Waals surface area contributed by atoms with Crippen LogP contribution in [0.15, 0.2) is 0 Å². The number of rotatable bonds is 6. The van der Waals surface area contributed by atoms with Crippen molar-refractivity contribution in [2.45, 2.75) is 34.1 Å². The predicted molar refractivity (Wildman–Crippen MR) is 67.6 cm³/mol. The number of nitrogens with two attached hydrogens (primary N) is 1. The molecule has 0 bridgehead atoms. The fourth-order valence-corrected chi connectivity index (χ4v) is 1.89. The van der Waals surface area contributed by atoms with E-state index in [9.17, 15) is 0 Å². The number of terminal acetylenes is 1. The highest BCUT2D eigenvalue weighted by atomic mass is 15.1. The molecular weight excluding hydrogens is 184 g/mol. The SMILES string of the molecule is C#CCN(CC)CC(CN)CC(C)(C)C. The predicted octanol–water partition coefficient (Wildman–Crippen LogP) is 1.95. The average Bonchev–Trinajstić information content (AvgIpc) is 2.13. The largest absolute Gasteiger partial charge is 0.330 e. The zero-order valence-electron chi connectivity index (χ0n) is 10.7. The Kier molecular flexibility index (Phi) is 6.63. The molecule has 0 aliphatic heterocycles. The van der Waals surface area contributed by atoms with E-state index in [1.54, 1.807) is 0 Å². The van der Waals surface area contributed by atoms with E-state index < -0.39 is 0 Å². The standard InChI is InChI=1S/C13H26N2/c1-6-8-15(7-2)11-12(10-14)9-13(3,4)5/h1,12H,7-11,14H2,2-5H3. The van der Waals surface area contributed by atoms with E-state index in [2.05, 4.69) is 38.5 Å². The molecule has 1 unspecified atom stereocenters. The number of hydrogen-bond donors (Lipinski definition) is 1. The zero-order chi connectivity index (χ0) is 11.9. The quantitative estimate of drug-likeness (QED) is 0.679. The maximum absolute atomic E-state index is 5.80. The van der Waals surface area contributed by atoms with Gasteiger partial charge in [-0.2, -0.15) is 0 Å². The molecule has 0 saturated heterocycles. The lowest BCUT2D eigenvalue weighted by Gasteiger charge is -2.29. The van der Waals surface area contributed by atoms with Gasteiger partial charge in [-0.1, -0.05) is 33.6 Å². The minimum Gasteiger partial charge on any atom is -0.330 e. The topological polar surface area (TPSA) is 29.3 Å². The van der Waals surface area contributed by atoms with Crippen LogP contribution in [-0.4, -0.2) is 31.1 Å². The van der Waals surface area contributed by atoms with Crippen LogP contribution in [0, 0.1) is 23.7 Å². The number of nitrogens with zero attached hydrogens (tertiary/aromatic N) is 1. The summed E-state index contributed by atoms with van der Waals surface area (Å²) in [4.78, 5) is 2.28. The van der Waals surface area contributed by atoms with Gasteiger partial charge in [0, 0.05) is 6.54 Å². The normalized spacial score (nSPS) is 13.9. The minimum atomic E-state index is 0.347. The summed E-state index contributed by atoms with van der Waals surface area (Å²) in [5.41, 5.74) is 6.15. The van der Waals surface area contributed by atoms with Crippen molar-refractivity contribution in [2.75, 3.05) is 26.2 Å². The molecule has 0 saturated carbocycles. The van der Waals surface area contributed by atoms with Crippen LogP contribution in [-0.2, 0) is 0 Å². The summed E-state index contributed by atoms with van der Waals surface area (Å²) >= 11 is 0. The molecule has 0 rings (SSSR count). The molecule has 0 aliphatic rings. The van der Waals surface area contributed by atoms with Crippen LogP contribution in [0.1, 0.15) is 34.1 Å². The summed E-state index contributed by atoms with van der Waals surface area (Å²) in [5, 5.41) is 0. The molecule has 0 heterocycles. The lowest BCUT2D eigenvalue weighted by atomic mass is 9.84. The van der Waals surface area contributed by atoms with E-state index in [0.29, 0.717) is 11.3 Å². The lowest BCUT2D eigenvalue weighted by Crippen LogP contribution is -2.35. The van der Waals surface area contributed by atoms with Gasteiger partial charge in [-0.3, -0.25) is 4.90 Å². The van der Waals surface area contributed by atoms with Gasteiger partial charge in [0.1, 0.15) is 0 Å². The van der Waals surface area contributed by atoms with Crippen LogP contribution in [0.25, 0.3) is 0 Å². The van der Waals surface area contributed by atoms with Crippen molar-refractivity contribution in [3.05, 3.63) is 0 Å². The molecule has 0 amide bonds. The van der Waals surface area contributed by atoms with Crippen LogP contribution in [0.2, 0.25) is 0 Å². The van der Waals surface area contributed by atoms with Gasteiger partial charge in [0.15, 0.2) is 0 Å². The van der Waals surface area contributed by atoms with Crippen molar-refractivity contribution in [1.29, 1.82) is 0 Å². The van der Waals surface area contributed by atoms with Crippen LogP contribution in [0.5, 0.6) is 0 Å². The molecule has 2 N–H and O–H groups in total. The smallest absolute Gasteiger partial charge is 0.0598 e. The van der Waals surface area contributed by atoms with Gasteiger partial charge in [-0.15, -0.1) is 6.42 Å². The Bertz CT molecular complexity index is 198. The van der Waals surface area contributed by atoms with Gasteiger partial charge in [-0.25, -0.2) is 0 Å². The van der Waals surface area contributed by atoms with Gasteiger partial charge in [0.25, 0.3) is 0 Å². The van der Waals surface area contributed by atoms with E-state index in [4.69, 9.17) is 12.2 Å². The fraction of sp³-hybridized carbons (Fsp3) is 0.846. The minimum absolute atomic E-state index is 0.347. The highest BCUT2D eigenvalue weighted by molar-refractivity contribution is 4.88. The van der Waals surface area contributed by atoms with Crippen LogP contribution >= 0.6 is 0 Å². The third kappa shape index (κ3) is 7.41. The molecule has 0 aromatic rings. The van der Waals surface area contributed by atoms with Crippen LogP contribution in [0.3, 0.4) is 0 Å². The first-order valence-corrected chi connectivity index (χ1v) is 5.78. The fourth-order valence-electron chi connectivity index (χ4n) is 1.89. The first-order valence-electron chi connectivity index (χ1n) is 5.78. The molecular formula is C13H26N2. The van der Waals surface area contributed by atoms with Gasteiger partial charge >= 0.3 is 0 Å². The lowest BCUT2D eigenvalue weighted by molar-refractivity contribution is 0.215. The summed E-state index contributed by atoms with van der Waals surface area (Å²) in [7, 11) is 0. The summed E-state index contributed by atoms with van der Waals surface area (Å²) in [6.07, 6.45) is 6.48. The highest BCUT2D eigenvalue weighted by Crippen LogP contribution is 2.24. The van der Waals surface area contributed by atoms with Crippen molar-refractivity contribution in [3.8, 4) is 12.3 Å². The third-order valence-electron chi connectivity index (χ3n) is 2.51.